The van der Waals surface area contributed by atoms with Crippen LogP contribution in [-0.4, -0.2) is 29.5 Å². The number of rotatable bonds is 1. The van der Waals surface area contributed by atoms with Crippen LogP contribution in [0.25, 0.3) is 0 Å². The molecular weight excluding hydrogens is 168 g/mol. The number of hydrogen-bond donors (Lipinski definition) is 4. The molecule has 0 atom stereocenters. The van der Waals surface area contributed by atoms with Crippen molar-refractivity contribution >= 4 is 6.03 Å². The van der Waals surface area contributed by atoms with Crippen LogP contribution < -0.4 is 11.5 Å². The van der Waals surface area contributed by atoms with Gasteiger partial charge >= 0.3 is 6.03 Å². The first-order valence-electron chi connectivity index (χ1n) is 1.91. The molecule has 0 aliphatic rings. The second-order valence-corrected chi connectivity index (χ2v) is 0.850. The van der Waals surface area contributed by atoms with Crippen LogP contribution in [0.2, 0.25) is 0 Å². The Hall–Kier alpha value is -0.291. The first kappa shape index (κ1) is 15.9. The zero-order valence-electron chi connectivity index (χ0n) is 4.73. The molecule has 0 aliphatic carbocycles. The van der Waals surface area contributed by atoms with Crippen molar-refractivity contribution in [2.75, 3.05) is 13.2 Å². The van der Waals surface area contributed by atoms with Crippen LogP contribution >= 0.6 is 0 Å². The minimum absolute atomic E-state index is 0. The molecule has 6 heteroatoms. The number of carbonyl (C=O) groups excluding carboxylic acids is 1. The summed E-state index contributed by atoms with van der Waals surface area (Å²) in [7, 11) is 0. The van der Waals surface area contributed by atoms with Gasteiger partial charge in [0.2, 0.25) is 0 Å². The van der Waals surface area contributed by atoms with E-state index < -0.39 is 6.03 Å². The van der Waals surface area contributed by atoms with E-state index >= 15 is 0 Å². The second kappa shape index (κ2) is 15.6. The maximum absolute atomic E-state index is 9.00. The molecule has 9 heavy (non-hydrogen) atoms. The van der Waals surface area contributed by atoms with E-state index in [2.05, 4.69) is 11.5 Å². The Morgan fingerprint density at radius 1 is 1.22 bits per heavy atom. The average Bonchev–Trinajstić information content (AvgIpc) is 1.65. The molecule has 5 nitrogen and oxygen atoms in total. The predicted octanol–water partition coefficient (Wildman–Crippen LogP) is -2.01. The van der Waals surface area contributed by atoms with Crippen molar-refractivity contribution in [2.45, 2.75) is 0 Å². The fourth-order valence-corrected chi connectivity index (χ4v) is 0. The molecule has 58 valence electrons. The van der Waals surface area contributed by atoms with Gasteiger partial charge in [-0.15, -0.1) is 0 Å². The summed E-state index contributed by atoms with van der Waals surface area (Å²) in [6.07, 6.45) is 0. The van der Waals surface area contributed by atoms with Crippen LogP contribution in [0.5, 0.6) is 0 Å². The SMILES string of the molecule is NC(N)=O.OCCO.[Fe]. The summed E-state index contributed by atoms with van der Waals surface area (Å²) in [6.45, 7) is -0.250. The summed E-state index contributed by atoms with van der Waals surface area (Å²) in [6, 6.07) is -0.833. The molecule has 0 rings (SSSR count). The van der Waals surface area contributed by atoms with Gasteiger partial charge in [-0.25, -0.2) is 4.79 Å². The quantitative estimate of drug-likeness (QED) is 0.348. The summed E-state index contributed by atoms with van der Waals surface area (Å²) >= 11 is 0. The van der Waals surface area contributed by atoms with Crippen LogP contribution in [0.15, 0.2) is 0 Å². The van der Waals surface area contributed by atoms with E-state index in [1.54, 1.807) is 0 Å². The zero-order valence-corrected chi connectivity index (χ0v) is 5.83. The fourth-order valence-electron chi connectivity index (χ4n) is 0. The second-order valence-electron chi connectivity index (χ2n) is 0.850. The van der Waals surface area contributed by atoms with Gasteiger partial charge < -0.3 is 21.7 Å². The first-order valence-corrected chi connectivity index (χ1v) is 1.91. The van der Waals surface area contributed by atoms with Gasteiger partial charge in [0.25, 0.3) is 0 Å². The number of hydrogen-bond acceptors (Lipinski definition) is 3. The Morgan fingerprint density at radius 3 is 1.33 bits per heavy atom. The number of urea groups is 1. The van der Waals surface area contributed by atoms with Crippen LogP contribution in [0.1, 0.15) is 0 Å². The van der Waals surface area contributed by atoms with Gasteiger partial charge in [-0.2, -0.15) is 0 Å². The molecule has 0 aromatic rings. The summed E-state index contributed by atoms with van der Waals surface area (Å²) < 4.78 is 0. The van der Waals surface area contributed by atoms with Crippen molar-refractivity contribution < 1.29 is 32.1 Å². The molecule has 0 heterocycles. The Morgan fingerprint density at radius 2 is 1.33 bits per heavy atom. The summed E-state index contributed by atoms with van der Waals surface area (Å²) in [5.41, 5.74) is 8.50. The zero-order chi connectivity index (χ0) is 6.99. The van der Waals surface area contributed by atoms with E-state index in [9.17, 15) is 0 Å². The minimum Gasteiger partial charge on any atom is -0.394 e. The van der Waals surface area contributed by atoms with Gasteiger partial charge in [-0.05, 0) is 0 Å². The largest absolute Gasteiger partial charge is 0.394 e. The van der Waals surface area contributed by atoms with E-state index in [1.807, 2.05) is 0 Å². The van der Waals surface area contributed by atoms with Crippen molar-refractivity contribution in [2.24, 2.45) is 11.5 Å². The normalized spacial score (nSPS) is 6.00. The standard InChI is InChI=1S/C2H6O2.CH4N2O.Fe/c3-1-2-4;2-1(3)4;/h3-4H,1-2H2;(H4,2,3,4);. The van der Waals surface area contributed by atoms with E-state index in [0.29, 0.717) is 0 Å². The molecule has 0 aliphatic heterocycles. The van der Waals surface area contributed by atoms with Crippen LogP contribution in [-0.2, 0) is 17.1 Å². The molecule has 0 unspecified atom stereocenters. The number of carbonyl (C=O) groups is 1. The third kappa shape index (κ3) is 499. The summed E-state index contributed by atoms with van der Waals surface area (Å²) in [5, 5.41) is 15.2. The maximum atomic E-state index is 9.00. The Labute approximate surface area is 63.5 Å². The average molecular weight is 178 g/mol. The summed E-state index contributed by atoms with van der Waals surface area (Å²) in [4.78, 5) is 9.00. The number of aliphatic hydroxyl groups excluding tert-OH is 2. The van der Waals surface area contributed by atoms with Gasteiger partial charge in [-0.3, -0.25) is 0 Å². The smallest absolute Gasteiger partial charge is 0.309 e. The molecule has 2 amide bonds. The van der Waals surface area contributed by atoms with Gasteiger partial charge in [-0.1, -0.05) is 0 Å². The van der Waals surface area contributed by atoms with Crippen molar-refractivity contribution in [3.05, 3.63) is 0 Å². The molecule has 0 fully saturated rings. The van der Waals surface area contributed by atoms with E-state index in [0.717, 1.165) is 0 Å². The number of nitrogens with two attached hydrogens (primary N) is 2. The van der Waals surface area contributed by atoms with Crippen LogP contribution in [0, 0.1) is 0 Å². The van der Waals surface area contributed by atoms with Gasteiger partial charge in [0.15, 0.2) is 0 Å². The van der Waals surface area contributed by atoms with Crippen molar-refractivity contribution in [3.63, 3.8) is 0 Å². The first-order chi connectivity index (χ1) is 3.65. The molecule has 0 bridgehead atoms. The van der Waals surface area contributed by atoms with E-state index in [1.165, 1.54) is 0 Å². The van der Waals surface area contributed by atoms with E-state index in [4.69, 9.17) is 15.0 Å². The number of primary amides is 2. The molecule has 0 spiro atoms. The van der Waals surface area contributed by atoms with Crippen molar-refractivity contribution in [3.8, 4) is 0 Å². The molecule has 0 saturated carbocycles. The van der Waals surface area contributed by atoms with Gasteiger partial charge in [0.1, 0.15) is 0 Å². The predicted molar refractivity (Wildman–Crippen MR) is 27.9 cm³/mol. The van der Waals surface area contributed by atoms with Crippen LogP contribution in [0.4, 0.5) is 4.79 Å². The molecule has 0 aromatic heterocycles. The summed E-state index contributed by atoms with van der Waals surface area (Å²) in [5.74, 6) is 0. The topological polar surface area (TPSA) is 110 Å². The third-order valence-electron chi connectivity index (χ3n) is 0.1000. The number of aliphatic hydroxyl groups is 2. The third-order valence-corrected chi connectivity index (χ3v) is 0.1000. The molecular formula is C3H10FeN2O3. The van der Waals surface area contributed by atoms with Gasteiger partial charge in [0.05, 0.1) is 13.2 Å². The maximum Gasteiger partial charge on any atom is 0.309 e. The Balaban J connectivity index is -0.0000000720. The van der Waals surface area contributed by atoms with Crippen LogP contribution in [0.3, 0.4) is 0 Å². The van der Waals surface area contributed by atoms with Crippen molar-refractivity contribution in [1.82, 2.24) is 0 Å². The monoisotopic (exact) mass is 178 g/mol. The minimum atomic E-state index is -0.833. The molecule has 0 saturated heterocycles. The Bertz CT molecular complexity index is 55.0. The molecule has 0 radical (unpaired) electrons. The molecule has 0 aromatic carbocycles. The fraction of sp³-hybridized carbons (Fsp3) is 0.667. The molecule has 6 N–H and O–H groups in total. The Kier molecular flexibility index (Phi) is 27.6. The van der Waals surface area contributed by atoms with Crippen molar-refractivity contribution in [1.29, 1.82) is 0 Å². The van der Waals surface area contributed by atoms with Gasteiger partial charge in [0, 0.05) is 17.1 Å². The number of amides is 2. The van der Waals surface area contributed by atoms with E-state index in [-0.39, 0.29) is 30.3 Å².